The van der Waals surface area contributed by atoms with Crippen LogP contribution in [-0.4, -0.2) is 56.4 Å². The van der Waals surface area contributed by atoms with Crippen LogP contribution in [0.4, 0.5) is 8.78 Å². The van der Waals surface area contributed by atoms with E-state index >= 15 is 4.39 Å². The van der Waals surface area contributed by atoms with Gasteiger partial charge in [0.25, 0.3) is 5.91 Å². The van der Waals surface area contributed by atoms with Gasteiger partial charge in [-0.25, -0.2) is 17.2 Å². The summed E-state index contributed by atoms with van der Waals surface area (Å²) in [6.45, 7) is 5.13. The lowest BCUT2D eigenvalue weighted by Gasteiger charge is -2.26. The Hall–Kier alpha value is -3.05. The van der Waals surface area contributed by atoms with Gasteiger partial charge in [-0.1, -0.05) is 38.0 Å². The fourth-order valence-corrected chi connectivity index (χ4v) is 7.65. The number of halogens is 2. The molecule has 3 aliphatic rings. The van der Waals surface area contributed by atoms with E-state index in [2.05, 4.69) is 15.4 Å². The Balaban J connectivity index is 1.36. The molecule has 11 heteroatoms. The van der Waals surface area contributed by atoms with Crippen LogP contribution in [0.25, 0.3) is 11.1 Å². The fraction of sp³-hybridized carbons (Fsp3) is 0.576. The van der Waals surface area contributed by atoms with Gasteiger partial charge in [-0.2, -0.15) is 0 Å². The first-order valence-corrected chi connectivity index (χ1v) is 17.4. The molecular weight excluding hydrogens is 588 g/mol. The fourth-order valence-electron chi connectivity index (χ4n) is 7.06. The van der Waals surface area contributed by atoms with Crippen molar-refractivity contribution >= 4 is 21.8 Å². The summed E-state index contributed by atoms with van der Waals surface area (Å²) in [5.41, 5.74) is -1.20. The minimum Gasteiger partial charge on any atom is -0.490 e. The lowest BCUT2D eigenvalue weighted by Crippen LogP contribution is -2.48. The molecule has 2 amide bonds. The molecular formula is C33H43F2N3O5S. The molecule has 8 nitrogen and oxygen atoms in total. The van der Waals surface area contributed by atoms with Gasteiger partial charge in [-0.05, 0) is 80.8 Å². The van der Waals surface area contributed by atoms with Gasteiger partial charge in [0.1, 0.15) is 17.7 Å². The molecule has 0 radical (unpaired) electrons. The van der Waals surface area contributed by atoms with Crippen LogP contribution in [0.2, 0.25) is 0 Å². The van der Waals surface area contributed by atoms with E-state index in [1.54, 1.807) is 44.2 Å². The van der Waals surface area contributed by atoms with Gasteiger partial charge in [0.05, 0.1) is 11.7 Å². The monoisotopic (exact) mass is 631 g/mol. The Morgan fingerprint density at radius 2 is 1.84 bits per heavy atom. The van der Waals surface area contributed by atoms with Crippen molar-refractivity contribution < 1.29 is 31.5 Å². The zero-order valence-corrected chi connectivity index (χ0v) is 26.7. The Bertz CT molecular complexity index is 1540. The molecule has 1 heterocycles. The minimum atomic E-state index is -3.78. The number of carbonyl (C=O) groups is 2. The standard InChI is InChI=1S/C33H43F2N3O5S/c1-5-24-25(9-8-10-27(24)34)26-17-21(31(2,3)29(39)38-44(4,41)42)11-14-28(26)43-23-13-12-22(18-23)37-30(40)33(35)19-32(36-20-33)15-6-7-16-32/h8-11,14,17,22-23,36H,5-7,12-13,15-16,18-20H2,1-4H3,(H,37,40)(H,38,39)/t22-,23-,33-/m1/s1. The third kappa shape index (κ3) is 6.63. The number of alkyl halides is 1. The molecule has 1 aliphatic heterocycles. The van der Waals surface area contributed by atoms with Gasteiger partial charge < -0.3 is 15.4 Å². The van der Waals surface area contributed by atoms with Crippen molar-refractivity contribution in [3.63, 3.8) is 0 Å². The summed E-state index contributed by atoms with van der Waals surface area (Å²) in [5.74, 6) is -1.13. The number of carbonyl (C=O) groups excluding carboxylic acids is 2. The minimum absolute atomic E-state index is 0.0349. The smallest absolute Gasteiger partial charge is 0.259 e. The maximum Gasteiger partial charge on any atom is 0.259 e. The summed E-state index contributed by atoms with van der Waals surface area (Å²) < 4.78 is 62.7. The van der Waals surface area contributed by atoms with Crippen LogP contribution in [-0.2, 0) is 31.4 Å². The number of benzene rings is 2. The Labute approximate surface area is 258 Å². The average Bonchev–Trinajstić information content (AvgIpc) is 3.69. The molecule has 3 fully saturated rings. The van der Waals surface area contributed by atoms with E-state index in [-0.39, 0.29) is 36.5 Å². The highest BCUT2D eigenvalue weighted by Crippen LogP contribution is 2.43. The maximum absolute atomic E-state index is 15.7. The lowest BCUT2D eigenvalue weighted by atomic mass is 9.82. The molecule has 5 rings (SSSR count). The van der Waals surface area contributed by atoms with E-state index in [0.29, 0.717) is 53.7 Å². The number of amides is 2. The first-order chi connectivity index (χ1) is 20.6. The molecule has 0 unspecified atom stereocenters. The van der Waals surface area contributed by atoms with E-state index < -0.39 is 32.9 Å². The second-order valence-corrected chi connectivity index (χ2v) is 15.1. The summed E-state index contributed by atoms with van der Waals surface area (Å²) in [5, 5.41) is 6.23. The quantitative estimate of drug-likeness (QED) is 0.365. The van der Waals surface area contributed by atoms with Gasteiger partial charge in [0.2, 0.25) is 21.6 Å². The SMILES string of the molecule is CCc1c(F)cccc1-c1cc(C(C)(C)C(=O)NS(C)(=O)=O)ccc1O[C@@H]1CC[C@@H](NC(=O)[C@]2(F)CNC3(CCCC3)C2)C1. The van der Waals surface area contributed by atoms with Crippen molar-refractivity contribution in [2.75, 3.05) is 12.8 Å². The lowest BCUT2D eigenvalue weighted by molar-refractivity contribution is -0.132. The van der Waals surface area contributed by atoms with Crippen LogP contribution in [0.1, 0.15) is 83.3 Å². The van der Waals surface area contributed by atoms with Gasteiger partial charge in [0, 0.05) is 36.5 Å². The van der Waals surface area contributed by atoms with Gasteiger partial charge in [-0.15, -0.1) is 0 Å². The van der Waals surface area contributed by atoms with Crippen LogP contribution in [0.5, 0.6) is 5.75 Å². The highest BCUT2D eigenvalue weighted by molar-refractivity contribution is 7.89. The number of nitrogens with one attached hydrogen (secondary N) is 3. The molecule has 44 heavy (non-hydrogen) atoms. The highest BCUT2D eigenvalue weighted by atomic mass is 32.2. The van der Waals surface area contributed by atoms with Gasteiger partial charge >= 0.3 is 0 Å². The van der Waals surface area contributed by atoms with Crippen LogP contribution < -0.4 is 20.1 Å². The van der Waals surface area contributed by atoms with E-state index in [0.717, 1.165) is 31.9 Å². The molecule has 0 aromatic heterocycles. The number of rotatable bonds is 9. The predicted octanol–water partition coefficient (Wildman–Crippen LogP) is 4.84. The Morgan fingerprint density at radius 3 is 2.52 bits per heavy atom. The number of sulfonamides is 1. The zero-order chi connectivity index (χ0) is 31.9. The zero-order valence-electron chi connectivity index (χ0n) is 25.9. The third-order valence-corrected chi connectivity index (χ3v) is 10.2. The van der Waals surface area contributed by atoms with Crippen LogP contribution in [0.3, 0.4) is 0 Å². The highest BCUT2D eigenvalue weighted by Gasteiger charge is 2.54. The summed E-state index contributed by atoms with van der Waals surface area (Å²) in [4.78, 5) is 26.0. The van der Waals surface area contributed by atoms with Crippen LogP contribution in [0.15, 0.2) is 36.4 Å². The van der Waals surface area contributed by atoms with Crippen LogP contribution in [0, 0.1) is 5.82 Å². The van der Waals surface area contributed by atoms with E-state index in [1.165, 1.54) is 6.07 Å². The molecule has 3 N–H and O–H groups in total. The molecule has 1 spiro atoms. The molecule has 1 saturated heterocycles. The second kappa shape index (κ2) is 12.0. The van der Waals surface area contributed by atoms with E-state index in [9.17, 15) is 22.4 Å². The summed E-state index contributed by atoms with van der Waals surface area (Å²) >= 11 is 0. The predicted molar refractivity (Wildman–Crippen MR) is 165 cm³/mol. The maximum atomic E-state index is 15.7. The summed E-state index contributed by atoms with van der Waals surface area (Å²) in [6.07, 6.45) is 6.95. The van der Waals surface area contributed by atoms with Gasteiger partial charge in [0.15, 0.2) is 0 Å². The number of ether oxygens (including phenoxy) is 1. The average molecular weight is 632 g/mol. The van der Waals surface area contributed by atoms with Crippen molar-refractivity contribution in [2.24, 2.45) is 0 Å². The first-order valence-electron chi connectivity index (χ1n) is 15.5. The Kier molecular flexibility index (Phi) is 8.85. The topological polar surface area (TPSA) is 114 Å². The Morgan fingerprint density at radius 1 is 1.11 bits per heavy atom. The summed E-state index contributed by atoms with van der Waals surface area (Å²) in [7, 11) is -3.78. The normalized spacial score (nSPS) is 24.9. The molecule has 2 saturated carbocycles. The van der Waals surface area contributed by atoms with Gasteiger partial charge in [-0.3, -0.25) is 14.3 Å². The molecule has 0 bridgehead atoms. The third-order valence-electron chi connectivity index (χ3n) is 9.65. The first kappa shape index (κ1) is 32.3. The number of hydrogen-bond acceptors (Lipinski definition) is 6. The van der Waals surface area contributed by atoms with Crippen molar-refractivity contribution in [3.8, 4) is 16.9 Å². The molecule has 2 aromatic carbocycles. The van der Waals surface area contributed by atoms with E-state index in [1.807, 2.05) is 6.92 Å². The largest absolute Gasteiger partial charge is 0.490 e. The molecule has 3 atom stereocenters. The molecule has 2 aliphatic carbocycles. The molecule has 2 aromatic rings. The second-order valence-electron chi connectivity index (χ2n) is 13.4. The van der Waals surface area contributed by atoms with Crippen LogP contribution >= 0.6 is 0 Å². The van der Waals surface area contributed by atoms with E-state index in [4.69, 9.17) is 4.74 Å². The van der Waals surface area contributed by atoms with Crippen molar-refractivity contribution in [2.45, 2.75) is 107 Å². The summed E-state index contributed by atoms with van der Waals surface area (Å²) in [6, 6.07) is 9.75. The van der Waals surface area contributed by atoms with Crippen molar-refractivity contribution in [1.29, 1.82) is 0 Å². The van der Waals surface area contributed by atoms with Crippen molar-refractivity contribution in [1.82, 2.24) is 15.4 Å². The van der Waals surface area contributed by atoms with Crippen molar-refractivity contribution in [3.05, 3.63) is 53.3 Å². The molecule has 240 valence electrons. The number of hydrogen-bond donors (Lipinski definition) is 3.